The number of aromatic nitrogens is 4. The van der Waals surface area contributed by atoms with Gasteiger partial charge in [-0.1, -0.05) is 6.07 Å². The van der Waals surface area contributed by atoms with Crippen LogP contribution in [0.2, 0.25) is 0 Å². The first kappa shape index (κ1) is 35.5. The first-order chi connectivity index (χ1) is 23.8. The SMILES string of the molecule is COc1ccc2c(c1)nc1c3ccc4c(=O)c5cc6c(=O)n7c8ccc(C)cc8nc7c7ccc8c(=O)c9cc(c(=O)n21)c3c4c9c5c8c67.[CH3-].[CH3-].[Y].[Y]. The summed E-state index contributed by atoms with van der Waals surface area (Å²) in [7, 11) is 1.58. The van der Waals surface area contributed by atoms with Crippen LogP contribution >= 0.6 is 0 Å². The maximum absolute atomic E-state index is 14.6. The minimum Gasteiger partial charge on any atom is -0.497 e. The van der Waals surface area contributed by atoms with Crippen molar-refractivity contribution in [2.45, 2.75) is 6.92 Å². The van der Waals surface area contributed by atoms with Crippen molar-refractivity contribution >= 4 is 109 Å². The van der Waals surface area contributed by atoms with Crippen molar-refractivity contribution in [3.05, 3.63) is 134 Å². The number of fused-ring (bicyclic) bond motifs is 8. The summed E-state index contributed by atoms with van der Waals surface area (Å²) >= 11 is 0. The summed E-state index contributed by atoms with van der Waals surface area (Å²) in [5.74, 6) is 0.615. The number of hydrogen-bond acceptors (Lipinski definition) is 7. The molecule has 12 aromatic rings. The molecular weight excluding hydrogens is 818 g/mol. The van der Waals surface area contributed by atoms with Gasteiger partial charge in [0.25, 0.3) is 11.1 Å². The zero-order valence-electron chi connectivity index (χ0n) is 28.9. The van der Waals surface area contributed by atoms with E-state index in [0.717, 1.165) is 10.9 Å². The summed E-state index contributed by atoms with van der Waals surface area (Å²) < 4.78 is 8.59. The second-order valence-electron chi connectivity index (χ2n) is 13.2. The molecule has 11 heteroatoms. The van der Waals surface area contributed by atoms with E-state index >= 15 is 0 Å². The molecule has 0 aliphatic heterocycles. The van der Waals surface area contributed by atoms with E-state index in [0.29, 0.717) is 109 Å². The van der Waals surface area contributed by atoms with E-state index in [1.165, 1.54) is 0 Å². The van der Waals surface area contributed by atoms with Crippen molar-refractivity contribution in [1.29, 1.82) is 0 Å². The summed E-state index contributed by atoms with van der Waals surface area (Å²) in [6.07, 6.45) is 0. The van der Waals surface area contributed by atoms with Crippen LogP contribution in [0.15, 0.2) is 92.0 Å². The second kappa shape index (κ2) is 11.5. The van der Waals surface area contributed by atoms with Crippen LogP contribution in [-0.2, 0) is 65.4 Å². The van der Waals surface area contributed by atoms with Crippen LogP contribution in [0.4, 0.5) is 0 Å². The van der Waals surface area contributed by atoms with Crippen LogP contribution in [0, 0.1) is 21.8 Å². The molecule has 0 aliphatic rings. The van der Waals surface area contributed by atoms with Gasteiger partial charge in [0, 0.05) is 147 Å². The largest absolute Gasteiger partial charge is 0.497 e. The van der Waals surface area contributed by atoms with E-state index in [9.17, 15) is 19.2 Å². The number of nitrogens with zero attached hydrogens (tertiary/aromatic N) is 4. The molecule has 2 radical (unpaired) electrons. The minimum absolute atomic E-state index is 0. The zero-order valence-corrected chi connectivity index (χ0v) is 34.6. The fourth-order valence-electron chi connectivity index (χ4n) is 8.78. The number of imidazole rings is 2. The summed E-state index contributed by atoms with van der Waals surface area (Å²) in [6, 6.07) is 21.7. The minimum atomic E-state index is -0.322. The Balaban J connectivity index is 0.000001000. The molecule has 0 bridgehead atoms. The molecular formula is C42H24N4O5Y2-2. The second-order valence-corrected chi connectivity index (χ2v) is 13.2. The summed E-state index contributed by atoms with van der Waals surface area (Å²) in [4.78, 5) is 67.7. The number of methoxy groups -OCH3 is 1. The van der Waals surface area contributed by atoms with Gasteiger partial charge in [-0.3, -0.25) is 28.0 Å². The average molecular weight is 842 g/mol. The van der Waals surface area contributed by atoms with Crippen molar-refractivity contribution < 1.29 is 70.2 Å². The van der Waals surface area contributed by atoms with E-state index in [4.69, 9.17) is 14.7 Å². The van der Waals surface area contributed by atoms with Crippen LogP contribution in [0.25, 0.3) is 109 Å². The zero-order chi connectivity index (χ0) is 32.8. The van der Waals surface area contributed by atoms with Crippen LogP contribution < -0.4 is 26.7 Å². The average Bonchev–Trinajstić information content (AvgIpc) is 3.69. The molecule has 0 fully saturated rings. The van der Waals surface area contributed by atoms with E-state index in [-0.39, 0.29) is 102 Å². The predicted molar refractivity (Wildman–Crippen MR) is 207 cm³/mol. The monoisotopic (exact) mass is 842 g/mol. The molecule has 0 aliphatic carbocycles. The van der Waals surface area contributed by atoms with E-state index in [1.54, 1.807) is 58.4 Å². The molecule has 53 heavy (non-hydrogen) atoms. The molecule has 0 saturated heterocycles. The fraction of sp³-hybridized carbons (Fsp3) is 0.0476. The van der Waals surface area contributed by atoms with Crippen molar-refractivity contribution in [2.75, 3.05) is 7.11 Å². The molecule has 0 spiro atoms. The number of rotatable bonds is 1. The van der Waals surface area contributed by atoms with E-state index in [1.807, 2.05) is 37.3 Å². The fourth-order valence-corrected chi connectivity index (χ4v) is 8.78. The van der Waals surface area contributed by atoms with Gasteiger partial charge in [0.15, 0.2) is 10.9 Å². The van der Waals surface area contributed by atoms with Gasteiger partial charge >= 0.3 is 0 Å². The molecule has 12 rings (SSSR count). The van der Waals surface area contributed by atoms with Gasteiger partial charge in [-0.25, -0.2) is 9.97 Å². The van der Waals surface area contributed by atoms with Gasteiger partial charge in [0.05, 0.1) is 29.2 Å². The van der Waals surface area contributed by atoms with Gasteiger partial charge in [0.2, 0.25) is 0 Å². The van der Waals surface area contributed by atoms with Gasteiger partial charge in [-0.15, -0.1) is 0 Å². The Hall–Kier alpha value is -4.53. The number of ether oxygens (including phenoxy) is 1. The van der Waals surface area contributed by atoms with Crippen molar-refractivity contribution in [1.82, 2.24) is 18.8 Å². The molecule has 250 valence electrons. The molecule has 8 aromatic carbocycles. The number of aryl methyl sites for hydroxylation is 1. The van der Waals surface area contributed by atoms with Gasteiger partial charge in [-0.2, -0.15) is 0 Å². The number of hydrogen-bond donors (Lipinski definition) is 0. The third-order valence-electron chi connectivity index (χ3n) is 10.8. The molecule has 0 unspecified atom stereocenters. The Morgan fingerprint density at radius 3 is 1.42 bits per heavy atom. The first-order valence-electron chi connectivity index (χ1n) is 15.9. The topological polar surface area (TPSA) is 112 Å². The van der Waals surface area contributed by atoms with Gasteiger partial charge in [-0.05, 0) is 73.2 Å². The summed E-state index contributed by atoms with van der Waals surface area (Å²) in [5.41, 5.74) is 3.44. The first-order valence-corrected chi connectivity index (χ1v) is 15.9. The molecule has 4 heterocycles. The maximum atomic E-state index is 14.6. The molecule has 0 amide bonds. The summed E-state index contributed by atoms with van der Waals surface area (Å²) in [6.45, 7) is 1.98. The van der Waals surface area contributed by atoms with Gasteiger partial charge in [0.1, 0.15) is 17.0 Å². The Kier molecular flexibility index (Phi) is 7.69. The molecule has 4 aromatic heterocycles. The molecule has 0 N–H and O–H groups in total. The Morgan fingerprint density at radius 2 is 0.925 bits per heavy atom. The quantitative estimate of drug-likeness (QED) is 0.0977. The van der Waals surface area contributed by atoms with Crippen molar-refractivity contribution in [3.8, 4) is 5.75 Å². The third-order valence-corrected chi connectivity index (χ3v) is 10.8. The van der Waals surface area contributed by atoms with Gasteiger partial charge < -0.3 is 19.6 Å². The van der Waals surface area contributed by atoms with Crippen LogP contribution in [0.1, 0.15) is 5.56 Å². The van der Waals surface area contributed by atoms with Crippen LogP contribution in [0.5, 0.6) is 5.75 Å². The number of pyridine rings is 2. The predicted octanol–water partition coefficient (Wildman–Crippen LogP) is 7.20. The van der Waals surface area contributed by atoms with Crippen molar-refractivity contribution in [3.63, 3.8) is 0 Å². The maximum Gasteiger partial charge on any atom is 0.264 e. The standard InChI is InChI=1S/C40H18N4O5.2CH3.2Y/c1-15-3-9-27-25(11-15)41-37-19-7-5-17-31-29(19)23(39(47)43(27)37)13-21-33(31)34-22(35(17)45)14-24-30-20(8-6-18(32(30)34)36(21)46)38-42-26-12-16(49-2)4-10-28(26)44(38)40(24)48;;;;/h3-14H,1-2H3;2*1H3;;/q;2*-1;;. The van der Waals surface area contributed by atoms with E-state index < -0.39 is 0 Å². The molecule has 0 saturated carbocycles. The normalized spacial score (nSPS) is 12.0. The number of benzene rings is 8. The van der Waals surface area contributed by atoms with Crippen LogP contribution in [0.3, 0.4) is 0 Å². The third kappa shape index (κ3) is 3.96. The molecule has 0 atom stereocenters. The Labute approximate surface area is 348 Å². The summed E-state index contributed by atoms with van der Waals surface area (Å²) in [5, 5.41) is 7.21. The van der Waals surface area contributed by atoms with Crippen molar-refractivity contribution in [2.24, 2.45) is 0 Å². The Bertz CT molecular complexity index is 3770. The van der Waals surface area contributed by atoms with E-state index in [2.05, 4.69) is 0 Å². The molecule has 9 nitrogen and oxygen atoms in total. The van der Waals surface area contributed by atoms with Crippen LogP contribution in [-0.4, -0.2) is 25.9 Å². The Morgan fingerprint density at radius 1 is 0.491 bits per heavy atom. The smallest absolute Gasteiger partial charge is 0.264 e.